The molecule has 78 valence electrons. The predicted molar refractivity (Wildman–Crippen MR) is 63.1 cm³/mol. The first-order chi connectivity index (χ1) is 7.36. The van der Waals surface area contributed by atoms with Crippen LogP contribution in [-0.2, 0) is 6.54 Å². The first kappa shape index (κ1) is 9.99. The molecule has 0 unspecified atom stereocenters. The fraction of sp³-hybridized carbons (Fsp3) is 0.231. The Bertz CT molecular complexity index is 354. The minimum absolute atomic E-state index is 0.301. The molecule has 1 heterocycles. The molecule has 1 aromatic rings. The van der Waals surface area contributed by atoms with Gasteiger partial charge in [-0.3, -0.25) is 4.90 Å². The van der Waals surface area contributed by atoms with Crippen molar-refractivity contribution >= 4 is 0 Å². The summed E-state index contributed by atoms with van der Waals surface area (Å²) >= 11 is 0. The highest BCUT2D eigenvalue weighted by molar-refractivity contribution is 5.16. The minimum Gasteiger partial charge on any atom is -0.372 e. The van der Waals surface area contributed by atoms with Crippen molar-refractivity contribution in [2.45, 2.75) is 12.7 Å². The number of hydrogen-bond donors (Lipinski definition) is 1. The van der Waals surface area contributed by atoms with Gasteiger partial charge in [-0.25, -0.2) is 0 Å². The molecule has 0 radical (unpaired) electrons. The Morgan fingerprint density at radius 3 is 2.67 bits per heavy atom. The standard InChI is InChI=1S/C13H16N2/c1-15(13-9-5-6-10-14-13)11-12-7-3-2-4-8-12/h2-10,13-14H,11H2,1H3/t13-/m0/s1. The predicted octanol–water partition coefficient (Wildman–Crippen LogP) is 2.12. The summed E-state index contributed by atoms with van der Waals surface area (Å²) in [5.74, 6) is 0. The van der Waals surface area contributed by atoms with Crippen LogP contribution in [0, 0.1) is 0 Å². The van der Waals surface area contributed by atoms with Crippen LogP contribution in [0.1, 0.15) is 5.56 Å². The third kappa shape index (κ3) is 2.70. The fourth-order valence-corrected chi connectivity index (χ4v) is 1.68. The summed E-state index contributed by atoms with van der Waals surface area (Å²) in [6.07, 6.45) is 8.51. The van der Waals surface area contributed by atoms with Crippen LogP contribution in [-0.4, -0.2) is 18.1 Å². The van der Waals surface area contributed by atoms with Crippen LogP contribution >= 0.6 is 0 Å². The van der Waals surface area contributed by atoms with E-state index in [-0.39, 0.29) is 0 Å². The lowest BCUT2D eigenvalue weighted by atomic mass is 10.2. The number of dihydropyridines is 1. The molecule has 2 heteroatoms. The highest BCUT2D eigenvalue weighted by atomic mass is 15.2. The molecule has 0 fully saturated rings. The third-order valence-corrected chi connectivity index (χ3v) is 2.52. The van der Waals surface area contributed by atoms with E-state index in [0.717, 1.165) is 6.54 Å². The fourth-order valence-electron chi connectivity index (χ4n) is 1.68. The van der Waals surface area contributed by atoms with Crippen LogP contribution in [0.3, 0.4) is 0 Å². The van der Waals surface area contributed by atoms with Crippen LogP contribution in [0.2, 0.25) is 0 Å². The van der Waals surface area contributed by atoms with Gasteiger partial charge in [0.05, 0.1) is 6.17 Å². The second-order valence-corrected chi connectivity index (χ2v) is 3.76. The molecular formula is C13H16N2. The normalized spacial score (nSPS) is 19.2. The van der Waals surface area contributed by atoms with E-state index in [1.54, 1.807) is 0 Å². The molecule has 0 saturated carbocycles. The summed E-state index contributed by atoms with van der Waals surface area (Å²) < 4.78 is 0. The lowest BCUT2D eigenvalue weighted by Gasteiger charge is -2.27. The molecule has 0 amide bonds. The Morgan fingerprint density at radius 1 is 1.20 bits per heavy atom. The van der Waals surface area contributed by atoms with Crippen molar-refractivity contribution in [1.29, 1.82) is 0 Å². The number of likely N-dealkylation sites (N-methyl/N-ethyl adjacent to an activating group) is 1. The number of nitrogens with zero attached hydrogens (tertiary/aromatic N) is 1. The summed E-state index contributed by atoms with van der Waals surface area (Å²) in [6, 6.07) is 10.5. The van der Waals surface area contributed by atoms with Gasteiger partial charge in [0.2, 0.25) is 0 Å². The van der Waals surface area contributed by atoms with Gasteiger partial charge in [-0.1, -0.05) is 36.4 Å². The van der Waals surface area contributed by atoms with Crippen molar-refractivity contribution in [1.82, 2.24) is 10.2 Å². The summed E-state index contributed by atoms with van der Waals surface area (Å²) in [6.45, 7) is 0.955. The van der Waals surface area contributed by atoms with Crippen LogP contribution in [0.25, 0.3) is 0 Å². The molecule has 0 bridgehead atoms. The van der Waals surface area contributed by atoms with E-state index < -0.39 is 0 Å². The molecule has 0 aliphatic carbocycles. The Labute approximate surface area is 90.9 Å². The number of hydrogen-bond acceptors (Lipinski definition) is 2. The van der Waals surface area contributed by atoms with E-state index in [9.17, 15) is 0 Å². The van der Waals surface area contributed by atoms with Crippen LogP contribution in [0.4, 0.5) is 0 Å². The molecule has 0 aromatic heterocycles. The highest BCUT2D eigenvalue weighted by Gasteiger charge is 2.10. The van der Waals surface area contributed by atoms with Crippen molar-refractivity contribution in [2.24, 2.45) is 0 Å². The summed E-state index contributed by atoms with van der Waals surface area (Å²) in [7, 11) is 2.12. The molecule has 0 saturated heterocycles. The molecular weight excluding hydrogens is 184 g/mol. The molecule has 1 N–H and O–H groups in total. The molecule has 2 rings (SSSR count). The molecule has 1 aliphatic heterocycles. The minimum atomic E-state index is 0.301. The van der Waals surface area contributed by atoms with Gasteiger partial charge in [-0.05, 0) is 31.0 Å². The first-order valence-corrected chi connectivity index (χ1v) is 5.20. The summed E-state index contributed by atoms with van der Waals surface area (Å²) in [5.41, 5.74) is 1.34. The third-order valence-electron chi connectivity index (χ3n) is 2.52. The monoisotopic (exact) mass is 200 g/mol. The largest absolute Gasteiger partial charge is 0.372 e. The molecule has 15 heavy (non-hydrogen) atoms. The zero-order valence-electron chi connectivity index (χ0n) is 8.93. The van der Waals surface area contributed by atoms with Crippen molar-refractivity contribution < 1.29 is 0 Å². The molecule has 1 atom stereocenters. The van der Waals surface area contributed by atoms with Gasteiger partial charge < -0.3 is 5.32 Å². The summed E-state index contributed by atoms with van der Waals surface area (Å²) in [5, 5.41) is 3.30. The van der Waals surface area contributed by atoms with Crippen molar-refractivity contribution in [3.63, 3.8) is 0 Å². The van der Waals surface area contributed by atoms with Gasteiger partial charge in [0.15, 0.2) is 0 Å². The maximum atomic E-state index is 3.30. The second-order valence-electron chi connectivity index (χ2n) is 3.76. The van der Waals surface area contributed by atoms with E-state index in [2.05, 4.69) is 53.7 Å². The van der Waals surface area contributed by atoms with Crippen LogP contribution in [0.5, 0.6) is 0 Å². The number of allylic oxidation sites excluding steroid dienone is 2. The van der Waals surface area contributed by atoms with Gasteiger partial charge in [0.1, 0.15) is 0 Å². The molecule has 1 aliphatic rings. The Balaban J connectivity index is 1.95. The zero-order valence-corrected chi connectivity index (χ0v) is 8.93. The zero-order chi connectivity index (χ0) is 10.5. The van der Waals surface area contributed by atoms with Gasteiger partial charge in [-0.2, -0.15) is 0 Å². The number of benzene rings is 1. The lowest BCUT2D eigenvalue weighted by Crippen LogP contribution is -2.39. The highest BCUT2D eigenvalue weighted by Crippen LogP contribution is 2.07. The molecule has 2 nitrogen and oxygen atoms in total. The van der Waals surface area contributed by atoms with E-state index in [4.69, 9.17) is 0 Å². The van der Waals surface area contributed by atoms with Crippen molar-refractivity contribution in [2.75, 3.05) is 7.05 Å². The average molecular weight is 200 g/mol. The Hall–Kier alpha value is -1.54. The van der Waals surface area contributed by atoms with Gasteiger partial charge >= 0.3 is 0 Å². The quantitative estimate of drug-likeness (QED) is 0.804. The lowest BCUT2D eigenvalue weighted by molar-refractivity contribution is 0.252. The Morgan fingerprint density at radius 2 is 2.00 bits per heavy atom. The van der Waals surface area contributed by atoms with E-state index in [1.165, 1.54) is 5.56 Å². The SMILES string of the molecule is CN(Cc1ccccc1)[C@H]1C=CC=CN1. The molecule has 0 spiro atoms. The van der Waals surface area contributed by atoms with Crippen LogP contribution in [0.15, 0.2) is 54.8 Å². The second kappa shape index (κ2) is 4.80. The maximum absolute atomic E-state index is 3.30. The average Bonchev–Trinajstić information content (AvgIpc) is 2.31. The van der Waals surface area contributed by atoms with Crippen molar-refractivity contribution in [3.8, 4) is 0 Å². The smallest absolute Gasteiger partial charge is 0.0985 e. The van der Waals surface area contributed by atoms with Gasteiger partial charge in [0, 0.05) is 6.54 Å². The maximum Gasteiger partial charge on any atom is 0.0985 e. The van der Waals surface area contributed by atoms with E-state index in [1.807, 2.05) is 18.3 Å². The number of nitrogens with one attached hydrogen (secondary N) is 1. The van der Waals surface area contributed by atoms with Crippen LogP contribution < -0.4 is 5.32 Å². The van der Waals surface area contributed by atoms with E-state index in [0.29, 0.717) is 6.17 Å². The van der Waals surface area contributed by atoms with Gasteiger partial charge in [-0.15, -0.1) is 0 Å². The topological polar surface area (TPSA) is 15.3 Å². The first-order valence-electron chi connectivity index (χ1n) is 5.20. The number of rotatable bonds is 3. The van der Waals surface area contributed by atoms with Gasteiger partial charge in [0.25, 0.3) is 0 Å². The Kier molecular flexibility index (Phi) is 3.20. The molecule has 1 aromatic carbocycles. The van der Waals surface area contributed by atoms with E-state index >= 15 is 0 Å². The van der Waals surface area contributed by atoms with Crippen molar-refractivity contribution in [3.05, 3.63) is 60.3 Å². The summed E-state index contributed by atoms with van der Waals surface area (Å²) in [4.78, 5) is 2.27.